The summed E-state index contributed by atoms with van der Waals surface area (Å²) in [7, 11) is 1.79. The third kappa shape index (κ3) is 3.42. The fraction of sp³-hybridized carbons (Fsp3) is 0.316. The van der Waals surface area contributed by atoms with Crippen molar-refractivity contribution in [2.75, 3.05) is 7.05 Å². The molecule has 2 aromatic rings. The first-order chi connectivity index (χ1) is 11.4. The third-order valence-electron chi connectivity index (χ3n) is 4.75. The number of rotatable bonds is 4. The van der Waals surface area contributed by atoms with Gasteiger partial charge >= 0.3 is 0 Å². The number of hydrogen-bond donors (Lipinski definition) is 0. The molecule has 0 aromatic heterocycles. The minimum atomic E-state index is -0.259. The zero-order valence-electron chi connectivity index (χ0n) is 13.5. The van der Waals surface area contributed by atoms with Crippen LogP contribution in [0.2, 0.25) is 10.0 Å². The number of carbonyl (C=O) groups excluding carboxylic acids is 1. The molecule has 0 N–H and O–H groups in total. The normalized spacial score (nSPS) is 20.5. The van der Waals surface area contributed by atoms with Gasteiger partial charge in [0.15, 0.2) is 0 Å². The zero-order valence-corrected chi connectivity index (χ0v) is 15.0. The summed E-state index contributed by atoms with van der Waals surface area (Å²) in [5.41, 5.74) is 1.89. The molecule has 0 heterocycles. The Bertz CT molecular complexity index is 762. The summed E-state index contributed by atoms with van der Waals surface area (Å²) >= 11 is 12.2. The van der Waals surface area contributed by atoms with Crippen LogP contribution in [0.3, 0.4) is 0 Å². The van der Waals surface area contributed by atoms with Crippen molar-refractivity contribution in [3.05, 3.63) is 69.5 Å². The van der Waals surface area contributed by atoms with Gasteiger partial charge in [-0.05, 0) is 54.7 Å². The van der Waals surface area contributed by atoms with Crippen LogP contribution >= 0.6 is 23.2 Å². The molecule has 3 atom stereocenters. The van der Waals surface area contributed by atoms with Gasteiger partial charge in [-0.15, -0.1) is 0 Å². The van der Waals surface area contributed by atoms with E-state index < -0.39 is 0 Å². The second-order valence-corrected chi connectivity index (χ2v) is 7.13. The molecule has 126 valence electrons. The van der Waals surface area contributed by atoms with E-state index in [1.807, 2.05) is 13.0 Å². The summed E-state index contributed by atoms with van der Waals surface area (Å²) in [5.74, 6) is -0.0457. The largest absolute Gasteiger partial charge is 0.339 e. The van der Waals surface area contributed by atoms with Gasteiger partial charge in [-0.25, -0.2) is 4.39 Å². The van der Waals surface area contributed by atoms with Crippen molar-refractivity contribution in [2.45, 2.75) is 25.3 Å². The van der Waals surface area contributed by atoms with Gasteiger partial charge in [0.1, 0.15) is 5.82 Å². The Kier molecular flexibility index (Phi) is 4.84. The van der Waals surface area contributed by atoms with Gasteiger partial charge < -0.3 is 4.90 Å². The zero-order chi connectivity index (χ0) is 17.4. The van der Waals surface area contributed by atoms with Gasteiger partial charge in [0.2, 0.25) is 5.91 Å². The fourth-order valence-corrected chi connectivity index (χ4v) is 3.61. The molecule has 1 amide bonds. The number of amides is 1. The fourth-order valence-electron chi connectivity index (χ4n) is 3.05. The van der Waals surface area contributed by atoms with E-state index in [2.05, 4.69) is 0 Å². The molecule has 5 heteroatoms. The SMILES string of the molecule is CC(c1ccc(Cl)cc1Cl)N(C)C(=O)C1CC1c1ccc(F)cc1. The van der Waals surface area contributed by atoms with E-state index in [1.165, 1.54) is 12.1 Å². The molecule has 1 saturated carbocycles. The lowest BCUT2D eigenvalue weighted by atomic mass is 10.1. The summed E-state index contributed by atoms with van der Waals surface area (Å²) in [4.78, 5) is 14.5. The van der Waals surface area contributed by atoms with Crippen molar-refractivity contribution in [1.82, 2.24) is 4.90 Å². The molecule has 24 heavy (non-hydrogen) atoms. The summed E-state index contributed by atoms with van der Waals surface area (Å²) < 4.78 is 13.0. The highest BCUT2D eigenvalue weighted by Gasteiger charge is 2.45. The summed E-state index contributed by atoms with van der Waals surface area (Å²) in [6.07, 6.45) is 0.801. The molecule has 0 aliphatic heterocycles. The van der Waals surface area contributed by atoms with Crippen molar-refractivity contribution >= 4 is 29.1 Å². The van der Waals surface area contributed by atoms with Crippen molar-refractivity contribution in [2.24, 2.45) is 5.92 Å². The predicted octanol–water partition coefficient (Wildman–Crippen LogP) is 5.46. The van der Waals surface area contributed by atoms with Crippen molar-refractivity contribution in [3.8, 4) is 0 Å². The Morgan fingerprint density at radius 1 is 1.21 bits per heavy atom. The van der Waals surface area contributed by atoms with Crippen molar-refractivity contribution in [1.29, 1.82) is 0 Å². The van der Waals surface area contributed by atoms with Crippen molar-refractivity contribution in [3.63, 3.8) is 0 Å². The molecule has 1 fully saturated rings. The summed E-state index contributed by atoms with van der Waals surface area (Å²) in [5, 5.41) is 1.13. The van der Waals surface area contributed by atoms with E-state index in [4.69, 9.17) is 23.2 Å². The van der Waals surface area contributed by atoms with Crippen LogP contribution in [0.15, 0.2) is 42.5 Å². The van der Waals surface area contributed by atoms with E-state index >= 15 is 0 Å². The molecule has 3 rings (SSSR count). The topological polar surface area (TPSA) is 20.3 Å². The minimum absolute atomic E-state index is 0.0472. The lowest BCUT2D eigenvalue weighted by Crippen LogP contribution is -2.31. The van der Waals surface area contributed by atoms with Crippen LogP contribution in [0.1, 0.15) is 36.4 Å². The standard InChI is InChI=1S/C19H18Cl2FNO/c1-11(15-8-5-13(20)9-18(15)21)23(2)19(24)17-10-16(17)12-3-6-14(22)7-4-12/h3-9,11,16-17H,10H2,1-2H3. The Labute approximate surface area is 151 Å². The lowest BCUT2D eigenvalue weighted by Gasteiger charge is -2.26. The van der Waals surface area contributed by atoms with E-state index in [0.717, 1.165) is 17.5 Å². The van der Waals surface area contributed by atoms with Crippen LogP contribution in [-0.4, -0.2) is 17.9 Å². The number of hydrogen-bond acceptors (Lipinski definition) is 1. The predicted molar refractivity (Wildman–Crippen MR) is 94.9 cm³/mol. The van der Waals surface area contributed by atoms with Gasteiger partial charge in [0.05, 0.1) is 6.04 Å². The molecule has 1 aliphatic rings. The highest BCUT2D eigenvalue weighted by molar-refractivity contribution is 6.35. The average Bonchev–Trinajstić information content (AvgIpc) is 3.34. The lowest BCUT2D eigenvalue weighted by molar-refractivity contribution is -0.133. The van der Waals surface area contributed by atoms with Crippen LogP contribution in [0.5, 0.6) is 0 Å². The average molecular weight is 366 g/mol. The highest BCUT2D eigenvalue weighted by atomic mass is 35.5. The van der Waals surface area contributed by atoms with Gasteiger partial charge in [-0.2, -0.15) is 0 Å². The van der Waals surface area contributed by atoms with Crippen LogP contribution < -0.4 is 0 Å². The Morgan fingerprint density at radius 2 is 1.88 bits per heavy atom. The minimum Gasteiger partial charge on any atom is -0.339 e. The second kappa shape index (κ2) is 6.73. The number of nitrogens with zero attached hydrogens (tertiary/aromatic N) is 1. The molecule has 1 aliphatic carbocycles. The number of halogens is 3. The van der Waals surface area contributed by atoms with Gasteiger partial charge in [0, 0.05) is 23.0 Å². The Balaban J connectivity index is 1.70. The molecule has 2 nitrogen and oxygen atoms in total. The van der Waals surface area contributed by atoms with Gasteiger partial charge in [-0.3, -0.25) is 4.79 Å². The van der Waals surface area contributed by atoms with Gasteiger partial charge in [0.25, 0.3) is 0 Å². The molecule has 0 spiro atoms. The van der Waals surface area contributed by atoms with E-state index in [9.17, 15) is 9.18 Å². The Hall–Kier alpha value is -1.58. The first-order valence-electron chi connectivity index (χ1n) is 7.85. The van der Waals surface area contributed by atoms with Crippen LogP contribution in [0.4, 0.5) is 4.39 Å². The third-order valence-corrected chi connectivity index (χ3v) is 5.31. The smallest absolute Gasteiger partial charge is 0.226 e. The molecule has 3 unspecified atom stereocenters. The molecule has 2 aromatic carbocycles. The first-order valence-corrected chi connectivity index (χ1v) is 8.61. The van der Waals surface area contributed by atoms with Crippen LogP contribution in [0, 0.1) is 11.7 Å². The highest BCUT2D eigenvalue weighted by Crippen LogP contribution is 2.49. The van der Waals surface area contributed by atoms with Crippen molar-refractivity contribution < 1.29 is 9.18 Å². The van der Waals surface area contributed by atoms with E-state index in [-0.39, 0.29) is 29.6 Å². The summed E-state index contributed by atoms with van der Waals surface area (Å²) in [6.45, 7) is 1.95. The van der Waals surface area contributed by atoms with E-state index in [0.29, 0.717) is 10.0 Å². The summed E-state index contributed by atoms with van der Waals surface area (Å²) in [6, 6.07) is 11.6. The Morgan fingerprint density at radius 3 is 2.50 bits per heavy atom. The molecule has 0 radical (unpaired) electrons. The molecule has 0 bridgehead atoms. The maximum Gasteiger partial charge on any atom is 0.226 e. The van der Waals surface area contributed by atoms with Gasteiger partial charge in [-0.1, -0.05) is 41.4 Å². The maximum absolute atomic E-state index is 13.0. The maximum atomic E-state index is 13.0. The van der Waals surface area contributed by atoms with Crippen LogP contribution in [-0.2, 0) is 4.79 Å². The van der Waals surface area contributed by atoms with E-state index in [1.54, 1.807) is 36.2 Å². The number of carbonyl (C=O) groups is 1. The second-order valence-electron chi connectivity index (χ2n) is 6.29. The molecular weight excluding hydrogens is 348 g/mol. The molecular formula is C19H18Cl2FNO. The van der Waals surface area contributed by atoms with Crippen LogP contribution in [0.25, 0.3) is 0 Å². The monoisotopic (exact) mass is 365 g/mol. The number of benzene rings is 2. The molecule has 0 saturated heterocycles. The first kappa shape index (κ1) is 17.2. The quantitative estimate of drug-likeness (QED) is 0.704.